The lowest BCUT2D eigenvalue weighted by molar-refractivity contribution is -0.131. The fourth-order valence-corrected chi connectivity index (χ4v) is 8.46. The van der Waals surface area contributed by atoms with Crippen molar-refractivity contribution in [2.75, 3.05) is 0 Å². The highest BCUT2D eigenvalue weighted by Crippen LogP contribution is 2.54. The quantitative estimate of drug-likeness (QED) is 0.0862. The van der Waals surface area contributed by atoms with E-state index >= 15 is 0 Å². The van der Waals surface area contributed by atoms with E-state index in [0.717, 1.165) is 11.1 Å². The summed E-state index contributed by atoms with van der Waals surface area (Å²) in [6, 6.07) is 20.5. The maximum atomic E-state index is 14.3. The van der Waals surface area contributed by atoms with Gasteiger partial charge in [0.15, 0.2) is 0 Å². The Morgan fingerprint density at radius 3 is 1.80 bits per heavy atom. The van der Waals surface area contributed by atoms with Crippen molar-refractivity contribution in [3.63, 3.8) is 0 Å². The van der Waals surface area contributed by atoms with Gasteiger partial charge in [-0.05, 0) is 59.0 Å². The largest absolute Gasteiger partial charge is 0.530 e. The number of aliphatic hydroxyl groups excluding tert-OH is 1. The third-order valence-electron chi connectivity index (χ3n) is 8.74. The van der Waals surface area contributed by atoms with Crippen molar-refractivity contribution >= 4 is 21.9 Å². The molecule has 3 rings (SSSR count). The molecule has 0 spiro atoms. The van der Waals surface area contributed by atoms with Crippen LogP contribution in [-0.4, -0.2) is 24.9 Å². The number of carbonyl (C=O) groups excluding carboxylic acids is 1. The van der Waals surface area contributed by atoms with Crippen LogP contribution in [-0.2, 0) is 37.0 Å². The lowest BCUT2D eigenvalue weighted by atomic mass is 9.78. The predicted molar refractivity (Wildman–Crippen MR) is 179 cm³/mol. The molecule has 3 aromatic rings. The van der Waals surface area contributed by atoms with Crippen molar-refractivity contribution in [3.05, 3.63) is 94.5 Å². The highest BCUT2D eigenvalue weighted by atomic mass is 31.2. The SMILES string of the molecule is CC(=O)Oc1cc(C)c(OP(=O)(OCc2ccccc2)OCc2ccccc2)c(C)c1C(C)(C)CC(O)[Si](C)(C)C(C)(C)C. The Morgan fingerprint density at radius 2 is 1.36 bits per heavy atom. The number of hydrogen-bond donors (Lipinski definition) is 1. The molecule has 44 heavy (non-hydrogen) atoms. The Hall–Kier alpha value is -2.74. The molecule has 0 aliphatic heterocycles. The van der Waals surface area contributed by atoms with E-state index < -0.39 is 33.0 Å². The van der Waals surface area contributed by atoms with Gasteiger partial charge >= 0.3 is 13.8 Å². The summed E-state index contributed by atoms with van der Waals surface area (Å²) in [6.45, 7) is 20.0. The molecule has 240 valence electrons. The molecular weight excluding hydrogens is 591 g/mol. The standard InChI is InChI=1S/C35H49O7PSi/c1-25-21-30(41-27(3)36)32(35(7,8)22-31(37)44(9,10)34(4,5)6)26(2)33(25)42-43(38,39-23-28-17-13-11-14-18-28)40-24-29-19-15-12-16-20-29/h11-21,31,37H,22-24H2,1-10H3. The van der Waals surface area contributed by atoms with Gasteiger partial charge in [0.05, 0.1) is 21.3 Å². The van der Waals surface area contributed by atoms with Gasteiger partial charge in [-0.1, -0.05) is 108 Å². The van der Waals surface area contributed by atoms with E-state index in [1.165, 1.54) is 6.92 Å². The van der Waals surface area contributed by atoms with Crippen LogP contribution in [0.5, 0.6) is 11.5 Å². The molecule has 0 aliphatic carbocycles. The van der Waals surface area contributed by atoms with Crippen LogP contribution in [0.15, 0.2) is 66.7 Å². The molecule has 0 fully saturated rings. The lowest BCUT2D eigenvalue weighted by Gasteiger charge is -2.43. The summed E-state index contributed by atoms with van der Waals surface area (Å²) in [5.74, 6) is 0.260. The summed E-state index contributed by atoms with van der Waals surface area (Å²) in [6.07, 6.45) is 0.438. The molecule has 0 saturated carbocycles. The van der Waals surface area contributed by atoms with Gasteiger partial charge in [-0.3, -0.25) is 13.8 Å². The normalized spacial score (nSPS) is 13.4. The van der Waals surface area contributed by atoms with Crippen molar-refractivity contribution in [2.45, 2.75) is 104 Å². The summed E-state index contributed by atoms with van der Waals surface area (Å²) >= 11 is 0. The van der Waals surface area contributed by atoms with Crippen LogP contribution < -0.4 is 9.26 Å². The average molecular weight is 641 g/mol. The van der Waals surface area contributed by atoms with E-state index in [1.807, 2.05) is 81.4 Å². The van der Waals surface area contributed by atoms with E-state index in [4.69, 9.17) is 18.3 Å². The molecule has 1 atom stereocenters. The number of carbonyl (C=O) groups is 1. The number of ether oxygens (including phenoxy) is 1. The van der Waals surface area contributed by atoms with Crippen LogP contribution in [0.3, 0.4) is 0 Å². The van der Waals surface area contributed by atoms with Crippen molar-refractivity contribution in [1.29, 1.82) is 0 Å². The zero-order valence-corrected chi connectivity index (χ0v) is 29.8. The third kappa shape index (κ3) is 8.92. The van der Waals surface area contributed by atoms with Gasteiger partial charge in [0.25, 0.3) is 0 Å². The van der Waals surface area contributed by atoms with Crippen LogP contribution in [0.2, 0.25) is 18.1 Å². The molecule has 0 aromatic heterocycles. The molecule has 0 saturated heterocycles. The Kier molecular flexibility index (Phi) is 11.5. The third-order valence-corrected chi connectivity index (χ3v) is 15.8. The van der Waals surface area contributed by atoms with Gasteiger partial charge in [0.1, 0.15) is 11.5 Å². The molecule has 3 aromatic carbocycles. The topological polar surface area (TPSA) is 91.3 Å². The second-order valence-electron chi connectivity index (χ2n) is 13.7. The second-order valence-corrected chi connectivity index (χ2v) is 20.9. The smallest absolute Gasteiger partial charge is 0.426 e. The van der Waals surface area contributed by atoms with Crippen LogP contribution in [0, 0.1) is 13.8 Å². The first-order valence-corrected chi connectivity index (χ1v) is 19.6. The Bertz CT molecular complexity index is 1420. The molecule has 9 heteroatoms. The molecular formula is C35H49O7PSi. The molecule has 1 unspecified atom stereocenters. The minimum absolute atomic E-state index is 0.0214. The summed E-state index contributed by atoms with van der Waals surface area (Å²) in [5.41, 5.74) is 2.40. The fourth-order valence-electron chi connectivity index (χ4n) is 5.14. The van der Waals surface area contributed by atoms with Gasteiger partial charge in [0, 0.05) is 18.2 Å². The number of rotatable bonds is 13. The maximum absolute atomic E-state index is 14.3. The van der Waals surface area contributed by atoms with Crippen molar-refractivity contribution in [1.82, 2.24) is 0 Å². The zero-order chi connectivity index (χ0) is 32.9. The Labute approximate surface area is 264 Å². The van der Waals surface area contributed by atoms with Crippen molar-refractivity contribution in [3.8, 4) is 11.5 Å². The monoisotopic (exact) mass is 640 g/mol. The number of aliphatic hydroxyl groups is 1. The minimum Gasteiger partial charge on any atom is -0.426 e. The Balaban J connectivity index is 2.07. The second kappa shape index (κ2) is 14.1. The summed E-state index contributed by atoms with van der Waals surface area (Å²) in [7, 11) is -6.30. The fraction of sp³-hybridized carbons (Fsp3) is 0.457. The van der Waals surface area contributed by atoms with E-state index in [2.05, 4.69) is 33.9 Å². The predicted octanol–water partition coefficient (Wildman–Crippen LogP) is 9.23. The molecule has 0 amide bonds. The molecule has 0 bridgehead atoms. The van der Waals surface area contributed by atoms with Gasteiger partial charge in [-0.25, -0.2) is 4.57 Å². The van der Waals surface area contributed by atoms with E-state index in [0.29, 0.717) is 34.6 Å². The highest BCUT2D eigenvalue weighted by molar-refractivity contribution is 7.48. The van der Waals surface area contributed by atoms with Crippen LogP contribution in [0.4, 0.5) is 0 Å². The van der Waals surface area contributed by atoms with Crippen LogP contribution >= 0.6 is 7.82 Å². The van der Waals surface area contributed by atoms with E-state index in [9.17, 15) is 14.5 Å². The molecule has 0 radical (unpaired) electrons. The highest BCUT2D eigenvalue weighted by Gasteiger charge is 2.45. The zero-order valence-electron chi connectivity index (χ0n) is 27.9. The van der Waals surface area contributed by atoms with E-state index in [-0.39, 0.29) is 18.3 Å². The van der Waals surface area contributed by atoms with Gasteiger partial charge in [-0.15, -0.1) is 0 Å². The van der Waals surface area contributed by atoms with Crippen LogP contribution in [0.1, 0.15) is 75.8 Å². The number of esters is 1. The first kappa shape index (κ1) is 35.7. The molecule has 7 nitrogen and oxygen atoms in total. The number of aryl methyl sites for hydroxylation is 1. The van der Waals surface area contributed by atoms with Gasteiger partial charge in [0.2, 0.25) is 0 Å². The van der Waals surface area contributed by atoms with Gasteiger partial charge < -0.3 is 14.4 Å². The van der Waals surface area contributed by atoms with Crippen molar-refractivity contribution in [2.24, 2.45) is 0 Å². The average Bonchev–Trinajstić information content (AvgIpc) is 2.93. The molecule has 0 aliphatic rings. The lowest BCUT2D eigenvalue weighted by Crippen LogP contribution is -2.51. The number of benzene rings is 3. The molecule has 1 N–H and O–H groups in total. The maximum Gasteiger partial charge on any atom is 0.530 e. The number of hydrogen-bond acceptors (Lipinski definition) is 7. The number of phosphoric ester groups is 1. The summed E-state index contributed by atoms with van der Waals surface area (Å²) in [5, 5.41) is 11.5. The number of phosphoric acid groups is 1. The first-order chi connectivity index (χ1) is 20.4. The first-order valence-electron chi connectivity index (χ1n) is 15.0. The minimum atomic E-state index is -4.17. The summed E-state index contributed by atoms with van der Waals surface area (Å²) in [4.78, 5) is 12.2. The van der Waals surface area contributed by atoms with Gasteiger partial charge in [-0.2, -0.15) is 0 Å². The summed E-state index contributed by atoms with van der Waals surface area (Å²) < 4.78 is 38.1. The van der Waals surface area contributed by atoms with E-state index in [1.54, 1.807) is 13.0 Å². The van der Waals surface area contributed by atoms with Crippen LogP contribution in [0.25, 0.3) is 0 Å². The van der Waals surface area contributed by atoms with Crippen molar-refractivity contribution < 1.29 is 32.8 Å². The molecule has 0 heterocycles. The Morgan fingerprint density at radius 1 is 0.886 bits per heavy atom.